The molecule has 1 fully saturated rings. The maximum atomic E-state index is 9.71. The molecule has 1 aliphatic carbocycles. The molecule has 1 heteroatoms. The van der Waals surface area contributed by atoms with E-state index in [1.54, 1.807) is 0 Å². The lowest BCUT2D eigenvalue weighted by molar-refractivity contribution is 0.130. The summed E-state index contributed by atoms with van der Waals surface area (Å²) < 4.78 is 0. The first kappa shape index (κ1) is 10.8. The molecule has 1 N–H and O–H groups in total. The van der Waals surface area contributed by atoms with Crippen LogP contribution in [0.3, 0.4) is 0 Å². The summed E-state index contributed by atoms with van der Waals surface area (Å²) in [6.07, 6.45) is 8.42. The highest BCUT2D eigenvalue weighted by Gasteiger charge is 2.17. The van der Waals surface area contributed by atoms with E-state index in [2.05, 4.69) is 6.58 Å². The van der Waals surface area contributed by atoms with E-state index in [4.69, 9.17) is 0 Å². The third-order valence-electron chi connectivity index (χ3n) is 2.91. The van der Waals surface area contributed by atoms with Gasteiger partial charge in [-0.3, -0.25) is 0 Å². The Morgan fingerprint density at radius 1 is 1.38 bits per heavy atom. The largest absolute Gasteiger partial charge is 0.393 e. The Morgan fingerprint density at radius 2 is 2.00 bits per heavy atom. The number of aliphatic hydroxyl groups is 1. The van der Waals surface area contributed by atoms with Crippen LogP contribution in [0.1, 0.15) is 51.9 Å². The van der Waals surface area contributed by atoms with Crippen LogP contribution in [-0.4, -0.2) is 11.2 Å². The van der Waals surface area contributed by atoms with Gasteiger partial charge in [-0.05, 0) is 25.7 Å². The van der Waals surface area contributed by atoms with Gasteiger partial charge in [0.25, 0.3) is 0 Å². The smallest absolute Gasteiger partial charge is 0.0579 e. The Labute approximate surface area is 81.9 Å². The lowest BCUT2D eigenvalue weighted by atomic mass is 9.84. The van der Waals surface area contributed by atoms with Crippen molar-refractivity contribution in [3.05, 3.63) is 12.2 Å². The molecular weight excluding hydrogens is 160 g/mol. The molecule has 13 heavy (non-hydrogen) atoms. The van der Waals surface area contributed by atoms with E-state index in [0.29, 0.717) is 0 Å². The molecule has 0 aromatic carbocycles. The summed E-state index contributed by atoms with van der Waals surface area (Å²) in [5.41, 5.74) is 1.10. The van der Waals surface area contributed by atoms with Gasteiger partial charge in [-0.15, -0.1) is 6.58 Å². The van der Waals surface area contributed by atoms with Crippen LogP contribution >= 0.6 is 0 Å². The van der Waals surface area contributed by atoms with Crippen LogP contribution in [0.15, 0.2) is 12.2 Å². The van der Waals surface area contributed by atoms with E-state index in [1.165, 1.54) is 32.1 Å². The van der Waals surface area contributed by atoms with Crippen LogP contribution in [0.2, 0.25) is 0 Å². The quantitative estimate of drug-likeness (QED) is 0.661. The second-order valence-electron chi connectivity index (χ2n) is 4.55. The Kier molecular flexibility index (Phi) is 4.51. The van der Waals surface area contributed by atoms with E-state index in [-0.39, 0.29) is 6.10 Å². The molecule has 76 valence electrons. The highest BCUT2D eigenvalue weighted by Crippen LogP contribution is 2.28. The van der Waals surface area contributed by atoms with Gasteiger partial charge < -0.3 is 5.11 Å². The van der Waals surface area contributed by atoms with Crippen LogP contribution in [0.4, 0.5) is 0 Å². The van der Waals surface area contributed by atoms with Gasteiger partial charge in [0.15, 0.2) is 0 Å². The molecule has 0 amide bonds. The lowest BCUT2D eigenvalue weighted by Crippen LogP contribution is -2.16. The number of aliphatic hydroxyl groups excluding tert-OH is 1. The van der Waals surface area contributed by atoms with Gasteiger partial charge in [0.2, 0.25) is 0 Å². The number of hydrogen-bond donors (Lipinski definition) is 1. The predicted octanol–water partition coefficient (Wildman–Crippen LogP) is 3.28. The van der Waals surface area contributed by atoms with Crippen LogP contribution in [-0.2, 0) is 0 Å². The normalized spacial score (nSPS) is 21.4. The van der Waals surface area contributed by atoms with Crippen LogP contribution in [0, 0.1) is 5.92 Å². The Balaban J connectivity index is 2.18. The summed E-state index contributed by atoms with van der Waals surface area (Å²) in [5, 5.41) is 9.71. The van der Waals surface area contributed by atoms with Gasteiger partial charge in [-0.2, -0.15) is 0 Å². The van der Waals surface area contributed by atoms with E-state index >= 15 is 0 Å². The molecule has 1 unspecified atom stereocenters. The summed E-state index contributed by atoms with van der Waals surface area (Å²) in [5.74, 6) is 0.781. The highest BCUT2D eigenvalue weighted by molar-refractivity contribution is 4.91. The minimum absolute atomic E-state index is 0.138. The van der Waals surface area contributed by atoms with Crippen LogP contribution < -0.4 is 0 Å². The monoisotopic (exact) mass is 182 g/mol. The van der Waals surface area contributed by atoms with Crippen molar-refractivity contribution in [1.29, 1.82) is 0 Å². The molecule has 0 spiro atoms. The van der Waals surface area contributed by atoms with Crippen molar-refractivity contribution in [2.45, 2.75) is 58.0 Å². The van der Waals surface area contributed by atoms with E-state index in [1.807, 2.05) is 6.92 Å². The Bertz CT molecular complexity index is 157. The Hall–Kier alpha value is -0.300. The molecule has 1 atom stereocenters. The van der Waals surface area contributed by atoms with Crippen molar-refractivity contribution >= 4 is 0 Å². The van der Waals surface area contributed by atoms with Crippen molar-refractivity contribution < 1.29 is 5.11 Å². The summed E-state index contributed by atoms with van der Waals surface area (Å²) >= 11 is 0. The first-order chi connectivity index (χ1) is 6.18. The SMILES string of the molecule is C=C(C)CC(O)CC1CCCCC1. The van der Waals surface area contributed by atoms with Crippen LogP contribution in [0.25, 0.3) is 0 Å². The predicted molar refractivity (Wildman–Crippen MR) is 56.6 cm³/mol. The minimum Gasteiger partial charge on any atom is -0.393 e. The van der Waals surface area contributed by atoms with Crippen molar-refractivity contribution in [3.8, 4) is 0 Å². The highest BCUT2D eigenvalue weighted by atomic mass is 16.3. The number of hydrogen-bond acceptors (Lipinski definition) is 1. The third kappa shape index (κ3) is 4.47. The first-order valence-electron chi connectivity index (χ1n) is 5.51. The summed E-state index contributed by atoms with van der Waals surface area (Å²) in [6.45, 7) is 5.82. The number of rotatable bonds is 4. The molecule has 1 nitrogen and oxygen atoms in total. The van der Waals surface area contributed by atoms with E-state index < -0.39 is 0 Å². The molecule has 1 saturated carbocycles. The molecule has 0 saturated heterocycles. The summed E-state index contributed by atoms with van der Waals surface area (Å²) in [7, 11) is 0. The summed E-state index contributed by atoms with van der Waals surface area (Å²) in [4.78, 5) is 0. The van der Waals surface area contributed by atoms with Gasteiger partial charge in [0.05, 0.1) is 6.10 Å². The molecule has 0 aliphatic heterocycles. The van der Waals surface area contributed by atoms with E-state index in [9.17, 15) is 5.11 Å². The van der Waals surface area contributed by atoms with Crippen molar-refractivity contribution in [2.75, 3.05) is 0 Å². The molecule has 1 aliphatic rings. The zero-order chi connectivity index (χ0) is 9.68. The van der Waals surface area contributed by atoms with Gasteiger partial charge >= 0.3 is 0 Å². The average molecular weight is 182 g/mol. The molecule has 0 aromatic rings. The second kappa shape index (κ2) is 5.43. The molecule has 0 heterocycles. The fourth-order valence-electron chi connectivity index (χ4n) is 2.29. The zero-order valence-corrected chi connectivity index (χ0v) is 8.76. The third-order valence-corrected chi connectivity index (χ3v) is 2.91. The maximum absolute atomic E-state index is 9.71. The maximum Gasteiger partial charge on any atom is 0.0579 e. The van der Waals surface area contributed by atoms with Crippen molar-refractivity contribution in [1.82, 2.24) is 0 Å². The van der Waals surface area contributed by atoms with Gasteiger partial charge in [-0.25, -0.2) is 0 Å². The average Bonchev–Trinajstić information content (AvgIpc) is 2.04. The summed E-state index contributed by atoms with van der Waals surface area (Å²) in [6, 6.07) is 0. The fourth-order valence-corrected chi connectivity index (χ4v) is 2.29. The van der Waals surface area contributed by atoms with E-state index in [0.717, 1.165) is 24.3 Å². The van der Waals surface area contributed by atoms with Gasteiger partial charge in [0, 0.05) is 0 Å². The topological polar surface area (TPSA) is 20.2 Å². The Morgan fingerprint density at radius 3 is 2.54 bits per heavy atom. The zero-order valence-electron chi connectivity index (χ0n) is 8.76. The second-order valence-corrected chi connectivity index (χ2v) is 4.55. The van der Waals surface area contributed by atoms with Gasteiger partial charge in [-0.1, -0.05) is 37.7 Å². The fraction of sp³-hybridized carbons (Fsp3) is 0.833. The van der Waals surface area contributed by atoms with Crippen LogP contribution in [0.5, 0.6) is 0 Å². The molecule has 0 radical (unpaired) electrons. The molecule has 0 bridgehead atoms. The van der Waals surface area contributed by atoms with Gasteiger partial charge in [0.1, 0.15) is 0 Å². The lowest BCUT2D eigenvalue weighted by Gasteiger charge is -2.23. The molecule has 1 rings (SSSR count). The first-order valence-corrected chi connectivity index (χ1v) is 5.51. The molecule has 0 aromatic heterocycles. The molecular formula is C12H22O. The standard InChI is InChI=1S/C12H22O/c1-10(2)8-12(13)9-11-6-4-3-5-7-11/h11-13H,1,3-9H2,2H3. The van der Waals surface area contributed by atoms with Crippen molar-refractivity contribution in [2.24, 2.45) is 5.92 Å². The minimum atomic E-state index is -0.138. The van der Waals surface area contributed by atoms with Crippen molar-refractivity contribution in [3.63, 3.8) is 0 Å².